The lowest BCUT2D eigenvalue weighted by atomic mass is 9.88. The van der Waals surface area contributed by atoms with Crippen LogP contribution in [0.1, 0.15) is 22.3 Å². The van der Waals surface area contributed by atoms with Crippen molar-refractivity contribution in [2.24, 2.45) is 5.41 Å². The van der Waals surface area contributed by atoms with Gasteiger partial charge < -0.3 is 19.5 Å². The summed E-state index contributed by atoms with van der Waals surface area (Å²) in [4.78, 5) is 36.3. The first-order chi connectivity index (χ1) is 11.8. The molecule has 1 N–H and O–H groups in total. The van der Waals surface area contributed by atoms with Crippen molar-refractivity contribution in [1.29, 1.82) is 0 Å². The Hall–Kier alpha value is -2.68. The lowest BCUT2D eigenvalue weighted by Crippen LogP contribution is -2.40. The van der Waals surface area contributed by atoms with Gasteiger partial charge in [-0.25, -0.2) is 0 Å². The molecule has 1 aromatic rings. The summed E-state index contributed by atoms with van der Waals surface area (Å²) in [6, 6.07) is 2.62. The first-order valence-electron chi connectivity index (χ1n) is 7.60. The molecular formula is C16H20N2O7. The number of carbonyl (C=O) groups is 2. The van der Waals surface area contributed by atoms with E-state index in [4.69, 9.17) is 9.47 Å². The van der Waals surface area contributed by atoms with Gasteiger partial charge in [0.05, 0.1) is 29.8 Å². The minimum absolute atomic E-state index is 0.0104. The van der Waals surface area contributed by atoms with Crippen LogP contribution in [0, 0.1) is 22.5 Å². The van der Waals surface area contributed by atoms with Crippen molar-refractivity contribution < 1.29 is 29.1 Å². The molecule has 136 valence electrons. The lowest BCUT2D eigenvalue weighted by Gasteiger charge is -2.24. The summed E-state index contributed by atoms with van der Waals surface area (Å²) >= 11 is 0. The maximum absolute atomic E-state index is 12.7. The number of benzene rings is 1. The van der Waals surface area contributed by atoms with Gasteiger partial charge >= 0.3 is 5.97 Å². The first kappa shape index (κ1) is 18.7. The van der Waals surface area contributed by atoms with E-state index in [1.165, 1.54) is 38.2 Å². The van der Waals surface area contributed by atoms with Crippen LogP contribution >= 0.6 is 0 Å². The van der Waals surface area contributed by atoms with E-state index in [2.05, 4.69) is 0 Å². The number of nitro groups is 1. The number of hydrogen-bond acceptors (Lipinski definition) is 6. The summed E-state index contributed by atoms with van der Waals surface area (Å²) in [6.07, 6.45) is 0.257. The number of rotatable bonds is 6. The number of nitro benzene ring substituents is 1. The van der Waals surface area contributed by atoms with Crippen molar-refractivity contribution in [2.75, 3.05) is 33.9 Å². The molecule has 9 nitrogen and oxygen atoms in total. The fourth-order valence-corrected chi connectivity index (χ4v) is 3.06. The third-order valence-electron chi connectivity index (χ3n) is 4.51. The molecule has 1 heterocycles. The standard InChI is InChI=1S/C16H20N2O7/c1-10-12(18(22)23)6-11(7-13(10)25-3)14(19)17-5-4-16(8-17,9-24-2)15(20)21/h6-7H,4-5,8-9H2,1-3H3,(H,20,21). The molecule has 1 unspecified atom stereocenters. The zero-order valence-corrected chi connectivity index (χ0v) is 14.3. The maximum atomic E-state index is 12.7. The van der Waals surface area contributed by atoms with Gasteiger partial charge in [-0.1, -0.05) is 0 Å². The topological polar surface area (TPSA) is 119 Å². The van der Waals surface area contributed by atoms with Gasteiger partial charge in [-0.05, 0) is 19.4 Å². The molecule has 1 fully saturated rings. The van der Waals surface area contributed by atoms with E-state index in [0.29, 0.717) is 5.56 Å². The molecule has 1 aliphatic rings. The molecule has 1 saturated heterocycles. The van der Waals surface area contributed by atoms with E-state index in [1.54, 1.807) is 0 Å². The summed E-state index contributed by atoms with van der Waals surface area (Å²) in [6.45, 7) is 1.75. The molecule has 1 aromatic carbocycles. The normalized spacial score (nSPS) is 19.7. The highest BCUT2D eigenvalue weighted by atomic mass is 16.6. The number of ether oxygens (including phenoxy) is 2. The molecule has 25 heavy (non-hydrogen) atoms. The Bertz CT molecular complexity index is 719. The van der Waals surface area contributed by atoms with Gasteiger partial charge in [-0.3, -0.25) is 19.7 Å². The van der Waals surface area contributed by atoms with E-state index in [0.717, 1.165) is 0 Å². The molecule has 9 heteroatoms. The van der Waals surface area contributed by atoms with Crippen LogP contribution in [0.15, 0.2) is 12.1 Å². The average Bonchev–Trinajstić information content (AvgIpc) is 3.00. The second-order valence-corrected chi connectivity index (χ2v) is 6.07. The third-order valence-corrected chi connectivity index (χ3v) is 4.51. The lowest BCUT2D eigenvalue weighted by molar-refractivity contribution is -0.385. The van der Waals surface area contributed by atoms with E-state index in [-0.39, 0.29) is 43.1 Å². The number of aliphatic carboxylic acids is 1. The highest BCUT2D eigenvalue weighted by Crippen LogP contribution is 2.34. The summed E-state index contributed by atoms with van der Waals surface area (Å²) in [5.41, 5.74) is -0.966. The van der Waals surface area contributed by atoms with E-state index in [9.17, 15) is 24.8 Å². The van der Waals surface area contributed by atoms with Crippen LogP contribution in [0.3, 0.4) is 0 Å². The second kappa shape index (κ2) is 7.06. The highest BCUT2D eigenvalue weighted by Gasteiger charge is 2.46. The molecule has 0 spiro atoms. The summed E-state index contributed by atoms with van der Waals surface area (Å²) in [5.74, 6) is -1.27. The Balaban J connectivity index is 2.34. The molecule has 0 bridgehead atoms. The fourth-order valence-electron chi connectivity index (χ4n) is 3.06. The van der Waals surface area contributed by atoms with Gasteiger partial charge in [0.2, 0.25) is 0 Å². The monoisotopic (exact) mass is 352 g/mol. The second-order valence-electron chi connectivity index (χ2n) is 6.07. The molecule has 1 amide bonds. The van der Waals surface area contributed by atoms with E-state index in [1.807, 2.05) is 0 Å². The van der Waals surface area contributed by atoms with E-state index >= 15 is 0 Å². The number of amides is 1. The average molecular weight is 352 g/mol. The van der Waals surface area contributed by atoms with Crippen LogP contribution in [0.4, 0.5) is 5.69 Å². The van der Waals surface area contributed by atoms with Crippen molar-refractivity contribution in [3.63, 3.8) is 0 Å². The number of likely N-dealkylation sites (tertiary alicyclic amines) is 1. The molecular weight excluding hydrogens is 332 g/mol. The molecule has 0 aromatic heterocycles. The highest BCUT2D eigenvalue weighted by molar-refractivity contribution is 5.96. The Morgan fingerprint density at radius 1 is 1.40 bits per heavy atom. The predicted molar refractivity (Wildman–Crippen MR) is 86.9 cm³/mol. The van der Waals surface area contributed by atoms with E-state index < -0.39 is 22.2 Å². The zero-order valence-electron chi connectivity index (χ0n) is 14.3. The van der Waals surface area contributed by atoms with Crippen molar-refractivity contribution in [3.05, 3.63) is 33.4 Å². The van der Waals surface area contributed by atoms with Gasteiger partial charge in [-0.15, -0.1) is 0 Å². The Morgan fingerprint density at radius 3 is 2.60 bits per heavy atom. The molecule has 2 rings (SSSR count). The Kier molecular flexibility index (Phi) is 5.27. The van der Waals surface area contributed by atoms with Gasteiger partial charge in [0.25, 0.3) is 11.6 Å². The third kappa shape index (κ3) is 3.41. The number of hydrogen-bond donors (Lipinski definition) is 1. The van der Waals surface area contributed by atoms with Crippen LogP contribution in [0.2, 0.25) is 0 Å². The first-order valence-corrected chi connectivity index (χ1v) is 7.60. The summed E-state index contributed by atoms with van der Waals surface area (Å²) in [5, 5.41) is 20.7. The largest absolute Gasteiger partial charge is 0.496 e. The van der Waals surface area contributed by atoms with Crippen LogP contribution in [-0.4, -0.2) is 60.7 Å². The minimum Gasteiger partial charge on any atom is -0.496 e. The van der Waals surface area contributed by atoms with Gasteiger partial charge in [0, 0.05) is 26.3 Å². The molecule has 0 aliphatic carbocycles. The van der Waals surface area contributed by atoms with Crippen molar-refractivity contribution in [2.45, 2.75) is 13.3 Å². The maximum Gasteiger partial charge on any atom is 0.313 e. The number of carboxylic acids is 1. The zero-order chi connectivity index (χ0) is 18.8. The summed E-state index contributed by atoms with van der Waals surface area (Å²) in [7, 11) is 2.77. The van der Waals surface area contributed by atoms with Crippen molar-refractivity contribution in [1.82, 2.24) is 4.90 Å². The number of nitrogens with zero attached hydrogens (tertiary/aromatic N) is 2. The predicted octanol–water partition coefficient (Wildman–Crippen LogP) is 1.48. The number of methoxy groups -OCH3 is 2. The SMILES string of the molecule is COCC1(C(=O)O)CCN(C(=O)c2cc(OC)c(C)c([N+](=O)[O-])c2)C1. The van der Waals surface area contributed by atoms with Crippen LogP contribution in [0.5, 0.6) is 5.75 Å². The Labute approximate surface area is 144 Å². The quantitative estimate of drug-likeness (QED) is 0.608. The van der Waals surface area contributed by atoms with Crippen molar-refractivity contribution >= 4 is 17.6 Å². The molecule has 0 saturated carbocycles. The minimum atomic E-state index is -1.16. The molecule has 0 radical (unpaired) electrons. The van der Waals surface area contributed by atoms with Gasteiger partial charge in [0.15, 0.2) is 0 Å². The number of carboxylic acid groups (broad SMARTS) is 1. The van der Waals surface area contributed by atoms with Gasteiger partial charge in [0.1, 0.15) is 11.2 Å². The summed E-state index contributed by atoms with van der Waals surface area (Å²) < 4.78 is 10.1. The Morgan fingerprint density at radius 2 is 2.08 bits per heavy atom. The van der Waals surface area contributed by atoms with Crippen LogP contribution in [-0.2, 0) is 9.53 Å². The smallest absolute Gasteiger partial charge is 0.313 e. The molecule has 1 atom stereocenters. The van der Waals surface area contributed by atoms with Crippen molar-refractivity contribution in [3.8, 4) is 5.75 Å². The van der Waals surface area contributed by atoms with Gasteiger partial charge in [-0.2, -0.15) is 0 Å². The van der Waals surface area contributed by atoms with Crippen LogP contribution < -0.4 is 4.74 Å². The molecule has 1 aliphatic heterocycles. The van der Waals surface area contributed by atoms with Crippen LogP contribution in [0.25, 0.3) is 0 Å². The number of carbonyl (C=O) groups excluding carboxylic acids is 1. The fraction of sp³-hybridized carbons (Fsp3) is 0.500.